The summed E-state index contributed by atoms with van der Waals surface area (Å²) in [5.41, 5.74) is 1.97. The molecule has 3 saturated heterocycles. The molecule has 6 rings (SSSR count). The van der Waals surface area contributed by atoms with Gasteiger partial charge in [0.2, 0.25) is 17.7 Å². The second-order valence-corrected chi connectivity index (χ2v) is 9.10. The summed E-state index contributed by atoms with van der Waals surface area (Å²) in [5, 5.41) is 3.54. The predicted molar refractivity (Wildman–Crippen MR) is 112 cm³/mol. The molecule has 6 nitrogen and oxygen atoms in total. The number of carbonyl (C=O) groups excluding carboxylic acids is 3. The summed E-state index contributed by atoms with van der Waals surface area (Å²) < 4.78 is 0. The van der Waals surface area contributed by atoms with Crippen LogP contribution in [0.25, 0.3) is 0 Å². The van der Waals surface area contributed by atoms with E-state index in [9.17, 15) is 14.4 Å². The molecule has 4 atom stereocenters. The fourth-order valence-corrected chi connectivity index (χ4v) is 6.29. The number of carbonyl (C=O) groups is 3. The Labute approximate surface area is 178 Å². The third-order valence-electron chi connectivity index (χ3n) is 7.23. The number of amides is 3. The zero-order valence-electron chi connectivity index (χ0n) is 16.4. The second-order valence-electron chi connectivity index (χ2n) is 8.66. The van der Waals surface area contributed by atoms with E-state index in [4.69, 9.17) is 11.6 Å². The lowest BCUT2D eigenvalue weighted by Crippen LogP contribution is -2.54. The van der Waals surface area contributed by atoms with Crippen molar-refractivity contribution >= 4 is 40.7 Å². The van der Waals surface area contributed by atoms with Gasteiger partial charge in [-0.25, -0.2) is 4.90 Å². The van der Waals surface area contributed by atoms with Crippen molar-refractivity contribution in [3.8, 4) is 0 Å². The molecule has 1 spiro atoms. The van der Waals surface area contributed by atoms with E-state index in [1.807, 2.05) is 25.1 Å². The largest absolute Gasteiger partial charge is 0.324 e. The number of fused-ring (bicyclic) bond motifs is 7. The highest BCUT2D eigenvalue weighted by molar-refractivity contribution is 6.31. The van der Waals surface area contributed by atoms with Gasteiger partial charge in [-0.1, -0.05) is 29.3 Å². The molecular weight excluding hydrogens is 402 g/mol. The maximum absolute atomic E-state index is 13.8. The summed E-state index contributed by atoms with van der Waals surface area (Å²) in [5.74, 6) is -1.95. The molecule has 3 amide bonds. The standard InChI is InChI=1S/C23H20ClN3O3/c1-12-4-9-16-15(11-12)23(22(30)25-16)19-18(17-3-2-10-26(17)23)20(28)27(21(19)29)14-7-5-13(24)6-8-14/h4-9,11,17-19H,2-3,10H2,1H3,(H,25,30)/t17-,18+,19-,23+/m0/s1. The maximum atomic E-state index is 13.8. The first-order chi connectivity index (χ1) is 14.4. The highest BCUT2D eigenvalue weighted by Crippen LogP contribution is 2.60. The topological polar surface area (TPSA) is 69.7 Å². The Bertz CT molecular complexity index is 1130. The van der Waals surface area contributed by atoms with E-state index < -0.39 is 17.4 Å². The molecule has 2 aromatic rings. The number of hydrogen-bond donors (Lipinski definition) is 1. The number of nitrogens with zero attached hydrogens (tertiary/aromatic N) is 2. The number of aryl methyl sites for hydroxylation is 1. The fourth-order valence-electron chi connectivity index (χ4n) is 6.16. The molecule has 3 fully saturated rings. The fraction of sp³-hybridized carbons (Fsp3) is 0.348. The number of benzene rings is 2. The monoisotopic (exact) mass is 421 g/mol. The van der Waals surface area contributed by atoms with Gasteiger partial charge in [0.15, 0.2) is 0 Å². The smallest absolute Gasteiger partial charge is 0.250 e. The van der Waals surface area contributed by atoms with Crippen molar-refractivity contribution in [1.82, 2.24) is 4.90 Å². The van der Waals surface area contributed by atoms with E-state index in [2.05, 4.69) is 10.2 Å². The van der Waals surface area contributed by atoms with Crippen molar-refractivity contribution in [3.63, 3.8) is 0 Å². The normalized spacial score (nSPS) is 32.0. The van der Waals surface area contributed by atoms with Gasteiger partial charge >= 0.3 is 0 Å². The lowest BCUT2D eigenvalue weighted by Gasteiger charge is -2.36. The molecule has 0 unspecified atom stereocenters. The summed E-state index contributed by atoms with van der Waals surface area (Å²) in [6, 6.07) is 12.4. The lowest BCUT2D eigenvalue weighted by molar-refractivity contribution is -0.135. The summed E-state index contributed by atoms with van der Waals surface area (Å²) in [6.45, 7) is 2.69. The van der Waals surface area contributed by atoms with Gasteiger partial charge in [0.25, 0.3) is 0 Å². The van der Waals surface area contributed by atoms with Gasteiger partial charge in [0, 0.05) is 22.3 Å². The van der Waals surface area contributed by atoms with Crippen LogP contribution in [0.1, 0.15) is 24.0 Å². The van der Waals surface area contributed by atoms with Crippen LogP contribution in [0.3, 0.4) is 0 Å². The van der Waals surface area contributed by atoms with Crippen LogP contribution in [0.5, 0.6) is 0 Å². The van der Waals surface area contributed by atoms with Crippen LogP contribution in [0.2, 0.25) is 5.02 Å². The lowest BCUT2D eigenvalue weighted by atomic mass is 9.75. The Kier molecular flexibility index (Phi) is 3.58. The summed E-state index contributed by atoms with van der Waals surface area (Å²) in [7, 11) is 0. The molecule has 4 aliphatic heterocycles. The van der Waals surface area contributed by atoms with Crippen molar-refractivity contribution in [3.05, 3.63) is 58.6 Å². The Hall–Kier alpha value is -2.70. The van der Waals surface area contributed by atoms with Gasteiger partial charge < -0.3 is 5.32 Å². The van der Waals surface area contributed by atoms with Gasteiger partial charge in [-0.3, -0.25) is 19.3 Å². The molecule has 0 aliphatic carbocycles. The Morgan fingerprint density at radius 3 is 2.60 bits per heavy atom. The zero-order chi connectivity index (χ0) is 20.8. The van der Waals surface area contributed by atoms with Gasteiger partial charge in [-0.05, 0) is 56.6 Å². The molecule has 1 N–H and O–H groups in total. The Morgan fingerprint density at radius 2 is 1.83 bits per heavy atom. The molecule has 0 saturated carbocycles. The first-order valence-electron chi connectivity index (χ1n) is 10.3. The Morgan fingerprint density at radius 1 is 1.07 bits per heavy atom. The molecule has 30 heavy (non-hydrogen) atoms. The third kappa shape index (κ3) is 2.01. The molecule has 2 aromatic carbocycles. The minimum atomic E-state index is -1.12. The molecule has 0 radical (unpaired) electrons. The van der Waals surface area contributed by atoms with Crippen molar-refractivity contribution in [2.45, 2.75) is 31.3 Å². The van der Waals surface area contributed by atoms with Crippen LogP contribution in [0.15, 0.2) is 42.5 Å². The van der Waals surface area contributed by atoms with Gasteiger partial charge in [0.1, 0.15) is 5.54 Å². The van der Waals surface area contributed by atoms with E-state index in [-0.39, 0.29) is 23.8 Å². The van der Waals surface area contributed by atoms with Crippen molar-refractivity contribution < 1.29 is 14.4 Å². The van der Waals surface area contributed by atoms with Crippen LogP contribution in [-0.4, -0.2) is 35.2 Å². The number of nitrogens with one attached hydrogen (secondary N) is 1. The summed E-state index contributed by atoms with van der Waals surface area (Å²) in [4.78, 5) is 44.3. The third-order valence-corrected chi connectivity index (χ3v) is 7.48. The quantitative estimate of drug-likeness (QED) is 0.718. The van der Waals surface area contributed by atoms with E-state index in [0.717, 1.165) is 29.7 Å². The number of anilines is 2. The molecule has 152 valence electrons. The highest BCUT2D eigenvalue weighted by Gasteiger charge is 2.74. The predicted octanol–water partition coefficient (Wildman–Crippen LogP) is 3.08. The average Bonchev–Trinajstić information content (AvgIpc) is 3.42. The van der Waals surface area contributed by atoms with Crippen LogP contribution in [0, 0.1) is 18.8 Å². The highest BCUT2D eigenvalue weighted by atomic mass is 35.5. The summed E-state index contributed by atoms with van der Waals surface area (Å²) in [6.07, 6.45) is 1.72. The van der Waals surface area contributed by atoms with Crippen LogP contribution in [-0.2, 0) is 19.9 Å². The van der Waals surface area contributed by atoms with Gasteiger partial charge in [-0.15, -0.1) is 0 Å². The van der Waals surface area contributed by atoms with E-state index in [1.165, 1.54) is 4.90 Å². The summed E-state index contributed by atoms with van der Waals surface area (Å²) >= 11 is 6.00. The average molecular weight is 422 g/mol. The van der Waals surface area contributed by atoms with Crippen LogP contribution < -0.4 is 10.2 Å². The minimum Gasteiger partial charge on any atom is -0.324 e. The number of imide groups is 1. The van der Waals surface area contributed by atoms with Crippen LogP contribution >= 0.6 is 11.6 Å². The molecule has 0 aromatic heterocycles. The van der Waals surface area contributed by atoms with Gasteiger partial charge in [-0.2, -0.15) is 0 Å². The van der Waals surface area contributed by atoms with E-state index in [0.29, 0.717) is 17.3 Å². The number of rotatable bonds is 1. The second kappa shape index (κ2) is 5.93. The van der Waals surface area contributed by atoms with Crippen molar-refractivity contribution in [2.75, 3.05) is 16.8 Å². The van der Waals surface area contributed by atoms with Crippen LogP contribution in [0.4, 0.5) is 11.4 Å². The molecular formula is C23H20ClN3O3. The van der Waals surface area contributed by atoms with Crippen molar-refractivity contribution in [1.29, 1.82) is 0 Å². The SMILES string of the molecule is Cc1ccc2c(c1)[C@]1(C(=O)N2)[C@@H]2C(=O)N(c3ccc(Cl)cc3)C(=O)[C@@H]2[C@@H]2CCCN21. The Balaban J connectivity index is 1.56. The van der Waals surface area contributed by atoms with Crippen molar-refractivity contribution in [2.24, 2.45) is 11.8 Å². The maximum Gasteiger partial charge on any atom is 0.250 e. The van der Waals surface area contributed by atoms with E-state index >= 15 is 0 Å². The first-order valence-corrected chi connectivity index (χ1v) is 10.6. The zero-order valence-corrected chi connectivity index (χ0v) is 17.1. The molecule has 0 bridgehead atoms. The molecule has 7 heteroatoms. The number of halogens is 1. The van der Waals surface area contributed by atoms with Gasteiger partial charge in [0.05, 0.1) is 17.5 Å². The number of hydrogen-bond acceptors (Lipinski definition) is 4. The molecule has 4 aliphatic rings. The molecule has 4 heterocycles. The minimum absolute atomic E-state index is 0.110. The first kappa shape index (κ1) is 18.1. The van der Waals surface area contributed by atoms with E-state index in [1.54, 1.807) is 24.3 Å².